The molecule has 6 atom stereocenters. The molecule has 0 bridgehead atoms. The Morgan fingerprint density at radius 1 is 1.22 bits per heavy atom. The summed E-state index contributed by atoms with van der Waals surface area (Å²) in [6, 6.07) is 0. The van der Waals surface area contributed by atoms with Gasteiger partial charge in [0.2, 0.25) is 0 Å². The molecule has 0 heterocycles. The number of allylic oxidation sites excluding steroid dienone is 3. The number of rotatable bonds is 1. The number of aliphatic hydroxyl groups is 1. The largest absolute Gasteiger partial charge is 0.390 e. The van der Waals surface area contributed by atoms with E-state index in [1.165, 1.54) is 38.5 Å². The van der Waals surface area contributed by atoms with Crippen molar-refractivity contribution in [1.29, 1.82) is 0 Å². The number of hydrogen-bond donors (Lipinski definition) is 1. The second kappa shape index (κ2) is 5.48. The molecule has 4 aliphatic rings. The third-order valence-electron chi connectivity index (χ3n) is 8.45. The SMILES string of the molecule is C/C=C1/CC[C@H]2[C@@H]3CC=C4C[C@](O)(CC)CC[C@@H]4[C@H]3CC[C@]12C. The van der Waals surface area contributed by atoms with Crippen LogP contribution in [0.1, 0.15) is 78.6 Å². The molecule has 0 aromatic heterocycles. The van der Waals surface area contributed by atoms with E-state index in [4.69, 9.17) is 0 Å². The summed E-state index contributed by atoms with van der Waals surface area (Å²) in [5.41, 5.74) is 3.47. The van der Waals surface area contributed by atoms with Crippen molar-refractivity contribution >= 4 is 0 Å². The molecule has 1 heteroatoms. The van der Waals surface area contributed by atoms with E-state index in [0.29, 0.717) is 5.41 Å². The van der Waals surface area contributed by atoms with E-state index in [2.05, 4.69) is 32.9 Å². The highest BCUT2D eigenvalue weighted by Gasteiger charge is 2.54. The van der Waals surface area contributed by atoms with Gasteiger partial charge in [-0.2, -0.15) is 0 Å². The molecule has 0 spiro atoms. The molecule has 128 valence electrons. The minimum absolute atomic E-state index is 0.399. The average molecular weight is 315 g/mol. The lowest BCUT2D eigenvalue weighted by Crippen LogP contribution is -2.46. The fraction of sp³-hybridized carbons (Fsp3) is 0.818. The third kappa shape index (κ3) is 2.29. The fourth-order valence-electron chi connectivity index (χ4n) is 6.99. The van der Waals surface area contributed by atoms with Crippen LogP contribution in [0.4, 0.5) is 0 Å². The molecule has 23 heavy (non-hydrogen) atoms. The Hall–Kier alpha value is -0.560. The molecule has 0 amide bonds. The zero-order chi connectivity index (χ0) is 16.2. The Morgan fingerprint density at radius 3 is 2.78 bits per heavy atom. The van der Waals surface area contributed by atoms with Gasteiger partial charge >= 0.3 is 0 Å². The summed E-state index contributed by atoms with van der Waals surface area (Å²) in [5.74, 6) is 3.52. The highest BCUT2D eigenvalue weighted by Crippen LogP contribution is 2.63. The van der Waals surface area contributed by atoms with Gasteiger partial charge in [0.05, 0.1) is 5.60 Å². The van der Waals surface area contributed by atoms with Crippen LogP contribution in [0.5, 0.6) is 0 Å². The van der Waals surface area contributed by atoms with Crippen molar-refractivity contribution in [2.75, 3.05) is 0 Å². The molecule has 1 nitrogen and oxygen atoms in total. The molecule has 0 radical (unpaired) electrons. The summed E-state index contributed by atoms with van der Waals surface area (Å²) in [6.45, 7) is 6.96. The molecule has 0 aromatic rings. The van der Waals surface area contributed by atoms with Crippen molar-refractivity contribution in [3.05, 3.63) is 23.3 Å². The second-order valence-electron chi connectivity index (χ2n) is 9.16. The van der Waals surface area contributed by atoms with Crippen molar-refractivity contribution in [3.8, 4) is 0 Å². The molecule has 0 aliphatic heterocycles. The van der Waals surface area contributed by atoms with E-state index in [0.717, 1.165) is 42.9 Å². The van der Waals surface area contributed by atoms with E-state index in [1.807, 2.05) is 0 Å². The quantitative estimate of drug-likeness (QED) is 0.620. The van der Waals surface area contributed by atoms with Crippen LogP contribution in [-0.4, -0.2) is 10.7 Å². The van der Waals surface area contributed by atoms with Gasteiger partial charge in [0.25, 0.3) is 0 Å². The maximum atomic E-state index is 10.7. The first-order valence-corrected chi connectivity index (χ1v) is 10.1. The second-order valence-corrected chi connectivity index (χ2v) is 9.16. The van der Waals surface area contributed by atoms with Gasteiger partial charge in [-0.15, -0.1) is 0 Å². The van der Waals surface area contributed by atoms with Crippen molar-refractivity contribution < 1.29 is 5.11 Å². The average Bonchev–Trinajstić information content (AvgIpc) is 2.90. The zero-order valence-electron chi connectivity index (χ0n) is 15.3. The Labute approximate surface area is 142 Å². The van der Waals surface area contributed by atoms with Gasteiger partial charge in [0.15, 0.2) is 0 Å². The maximum Gasteiger partial charge on any atom is 0.0682 e. The van der Waals surface area contributed by atoms with Crippen LogP contribution < -0.4 is 0 Å². The first-order valence-electron chi connectivity index (χ1n) is 10.1. The van der Waals surface area contributed by atoms with Gasteiger partial charge in [-0.05, 0) is 93.8 Å². The molecule has 0 aromatic carbocycles. The normalized spacial score (nSPS) is 51.0. The summed E-state index contributed by atoms with van der Waals surface area (Å²) in [7, 11) is 0. The van der Waals surface area contributed by atoms with Gasteiger partial charge in [-0.3, -0.25) is 0 Å². The van der Waals surface area contributed by atoms with Crippen molar-refractivity contribution in [2.24, 2.45) is 29.1 Å². The molecular formula is C22H34O. The van der Waals surface area contributed by atoms with Crippen molar-refractivity contribution in [1.82, 2.24) is 0 Å². The molecule has 0 unspecified atom stereocenters. The molecule has 0 saturated heterocycles. The fourth-order valence-corrected chi connectivity index (χ4v) is 6.99. The summed E-state index contributed by atoms with van der Waals surface area (Å²) in [5, 5.41) is 10.7. The van der Waals surface area contributed by atoms with E-state index >= 15 is 0 Å². The predicted octanol–water partition coefficient (Wildman–Crippen LogP) is 5.65. The minimum Gasteiger partial charge on any atom is -0.390 e. The van der Waals surface area contributed by atoms with Crippen molar-refractivity contribution in [3.63, 3.8) is 0 Å². The lowest BCUT2D eigenvalue weighted by atomic mass is 9.52. The van der Waals surface area contributed by atoms with E-state index < -0.39 is 5.60 Å². The highest BCUT2D eigenvalue weighted by molar-refractivity contribution is 5.27. The Bertz CT molecular complexity index is 544. The molecule has 3 fully saturated rings. The Balaban J connectivity index is 1.60. The minimum atomic E-state index is -0.399. The van der Waals surface area contributed by atoms with Crippen LogP contribution in [0, 0.1) is 29.1 Å². The van der Waals surface area contributed by atoms with Crippen LogP contribution in [0.2, 0.25) is 0 Å². The van der Waals surface area contributed by atoms with Crippen LogP contribution >= 0.6 is 0 Å². The standard InChI is InChI=1S/C22H34O/c1-4-16-7-9-20-19-8-6-15-14-22(23,5-2)13-11-17(15)18(19)10-12-21(16,20)3/h4,6,17-20,23H,5,7-14H2,1-3H3/b16-4-/t17-,18+,19+,20-,21+,22-/m0/s1. The first-order chi connectivity index (χ1) is 11.0. The number of hydrogen-bond acceptors (Lipinski definition) is 1. The summed E-state index contributed by atoms with van der Waals surface area (Å²) >= 11 is 0. The van der Waals surface area contributed by atoms with Gasteiger partial charge in [-0.1, -0.05) is 37.1 Å². The van der Waals surface area contributed by atoms with Crippen molar-refractivity contribution in [2.45, 2.75) is 84.2 Å². The molecule has 3 saturated carbocycles. The smallest absolute Gasteiger partial charge is 0.0682 e. The van der Waals surface area contributed by atoms with Crippen LogP contribution in [0.25, 0.3) is 0 Å². The Kier molecular flexibility index (Phi) is 3.80. The van der Waals surface area contributed by atoms with E-state index in [1.54, 1.807) is 11.1 Å². The number of fused-ring (bicyclic) bond motifs is 5. The molecule has 4 aliphatic carbocycles. The lowest BCUT2D eigenvalue weighted by Gasteiger charge is -2.53. The third-order valence-corrected chi connectivity index (χ3v) is 8.45. The first kappa shape index (κ1) is 15.9. The topological polar surface area (TPSA) is 20.2 Å². The lowest BCUT2D eigenvalue weighted by molar-refractivity contribution is -0.0256. The van der Waals surface area contributed by atoms with E-state index in [9.17, 15) is 5.11 Å². The van der Waals surface area contributed by atoms with Gasteiger partial charge < -0.3 is 5.11 Å². The van der Waals surface area contributed by atoms with Crippen LogP contribution in [-0.2, 0) is 0 Å². The van der Waals surface area contributed by atoms with E-state index in [-0.39, 0.29) is 0 Å². The summed E-state index contributed by atoms with van der Waals surface area (Å²) in [4.78, 5) is 0. The van der Waals surface area contributed by atoms with Crippen LogP contribution in [0.15, 0.2) is 23.3 Å². The Morgan fingerprint density at radius 2 is 2.04 bits per heavy atom. The predicted molar refractivity (Wildman–Crippen MR) is 96.1 cm³/mol. The van der Waals surface area contributed by atoms with Gasteiger partial charge in [0.1, 0.15) is 0 Å². The molecule has 4 rings (SSSR count). The summed E-state index contributed by atoms with van der Waals surface area (Å²) in [6.07, 6.45) is 16.0. The van der Waals surface area contributed by atoms with Gasteiger partial charge in [0, 0.05) is 0 Å². The molecule has 1 N–H and O–H groups in total. The molecular weight excluding hydrogens is 280 g/mol. The summed E-state index contributed by atoms with van der Waals surface area (Å²) < 4.78 is 0. The highest BCUT2D eigenvalue weighted by atomic mass is 16.3. The monoisotopic (exact) mass is 314 g/mol. The zero-order valence-corrected chi connectivity index (χ0v) is 15.3. The van der Waals surface area contributed by atoms with Crippen LogP contribution in [0.3, 0.4) is 0 Å². The van der Waals surface area contributed by atoms with Gasteiger partial charge in [-0.25, -0.2) is 0 Å². The maximum absolute atomic E-state index is 10.7.